The number of ether oxygens (including phenoxy) is 1. The predicted octanol–water partition coefficient (Wildman–Crippen LogP) is 2.10. The van der Waals surface area contributed by atoms with Gasteiger partial charge >= 0.3 is 0 Å². The van der Waals surface area contributed by atoms with E-state index in [2.05, 4.69) is 25.2 Å². The number of aromatic nitrogens is 4. The van der Waals surface area contributed by atoms with E-state index in [4.69, 9.17) is 15.5 Å². The first-order valence-electron chi connectivity index (χ1n) is 8.39. The molecule has 0 amide bonds. The summed E-state index contributed by atoms with van der Waals surface area (Å²) in [6.45, 7) is 2.86. The maximum absolute atomic E-state index is 5.70. The van der Waals surface area contributed by atoms with Crippen LogP contribution in [0.5, 0.6) is 0 Å². The third kappa shape index (κ3) is 3.70. The molecule has 4 heterocycles. The molecule has 1 aliphatic rings. The van der Waals surface area contributed by atoms with Gasteiger partial charge in [-0.15, -0.1) is 0 Å². The fraction of sp³-hybridized carbons (Fsp3) is 0.222. The van der Waals surface area contributed by atoms with Crippen LogP contribution in [-0.2, 0) is 4.74 Å². The van der Waals surface area contributed by atoms with Crippen LogP contribution in [0.25, 0.3) is 11.3 Å². The zero-order valence-corrected chi connectivity index (χ0v) is 14.2. The third-order valence-corrected chi connectivity index (χ3v) is 4.02. The summed E-state index contributed by atoms with van der Waals surface area (Å²) in [5.74, 6) is 1.83. The summed E-state index contributed by atoms with van der Waals surface area (Å²) < 4.78 is 5.43. The number of nitrogens with one attached hydrogen (secondary N) is 1. The van der Waals surface area contributed by atoms with Gasteiger partial charge in [-0.25, -0.2) is 9.97 Å². The lowest BCUT2D eigenvalue weighted by atomic mass is 10.2. The molecule has 0 radical (unpaired) electrons. The third-order valence-electron chi connectivity index (χ3n) is 4.02. The van der Waals surface area contributed by atoms with Crippen LogP contribution in [-0.4, -0.2) is 46.2 Å². The van der Waals surface area contributed by atoms with Crippen molar-refractivity contribution < 1.29 is 4.74 Å². The number of morpholine rings is 1. The number of nitrogen functional groups attached to an aromatic ring is 1. The Morgan fingerprint density at radius 3 is 2.69 bits per heavy atom. The van der Waals surface area contributed by atoms with Crippen LogP contribution in [0.3, 0.4) is 0 Å². The average molecular weight is 349 g/mol. The van der Waals surface area contributed by atoms with Gasteiger partial charge in [-0.05, 0) is 24.3 Å². The molecule has 26 heavy (non-hydrogen) atoms. The van der Waals surface area contributed by atoms with Crippen LogP contribution in [0.1, 0.15) is 0 Å². The van der Waals surface area contributed by atoms with E-state index < -0.39 is 0 Å². The second-order valence-electron chi connectivity index (χ2n) is 5.88. The molecule has 1 fully saturated rings. The molecular weight excluding hydrogens is 330 g/mol. The van der Waals surface area contributed by atoms with Crippen molar-refractivity contribution in [1.29, 1.82) is 0 Å². The minimum atomic E-state index is 0.477. The number of anilines is 4. The van der Waals surface area contributed by atoms with Gasteiger partial charge in [-0.1, -0.05) is 0 Å². The number of nitrogens with zero attached hydrogens (tertiary/aromatic N) is 5. The molecule has 3 aromatic heterocycles. The van der Waals surface area contributed by atoms with Gasteiger partial charge in [0.1, 0.15) is 11.6 Å². The number of hydrogen-bond donors (Lipinski definition) is 2. The SMILES string of the molecule is Nc1ccc(-c2cc(Nc3cccnc3)nc(N3CCOCC3)n2)cn1. The van der Waals surface area contributed by atoms with Crippen LogP contribution in [0.15, 0.2) is 48.9 Å². The first-order chi connectivity index (χ1) is 12.8. The Balaban J connectivity index is 1.72. The topological polar surface area (TPSA) is 102 Å². The Labute approximate surface area is 151 Å². The molecule has 0 saturated carbocycles. The molecule has 8 nitrogen and oxygen atoms in total. The van der Waals surface area contributed by atoms with E-state index in [0.717, 1.165) is 30.0 Å². The molecule has 0 aromatic carbocycles. The number of nitrogens with two attached hydrogens (primary N) is 1. The summed E-state index contributed by atoms with van der Waals surface area (Å²) in [5, 5.41) is 3.29. The zero-order chi connectivity index (χ0) is 17.8. The summed E-state index contributed by atoms with van der Waals surface area (Å²) in [6.07, 6.45) is 5.20. The van der Waals surface area contributed by atoms with Crippen LogP contribution >= 0.6 is 0 Å². The number of hydrogen-bond acceptors (Lipinski definition) is 8. The Bertz CT molecular complexity index is 864. The van der Waals surface area contributed by atoms with Crippen LogP contribution in [0, 0.1) is 0 Å². The van der Waals surface area contributed by atoms with Gasteiger partial charge in [0.2, 0.25) is 5.95 Å². The van der Waals surface area contributed by atoms with Crippen LogP contribution in [0.2, 0.25) is 0 Å². The number of rotatable bonds is 4. The zero-order valence-electron chi connectivity index (χ0n) is 14.2. The molecule has 3 N–H and O–H groups in total. The largest absolute Gasteiger partial charge is 0.384 e. The van der Waals surface area contributed by atoms with E-state index >= 15 is 0 Å². The second kappa shape index (κ2) is 7.32. The van der Waals surface area contributed by atoms with Crippen LogP contribution in [0.4, 0.5) is 23.3 Å². The highest BCUT2D eigenvalue weighted by molar-refractivity contribution is 5.67. The molecule has 8 heteroatoms. The molecule has 3 aromatic rings. The van der Waals surface area contributed by atoms with E-state index in [1.165, 1.54) is 0 Å². The number of pyridine rings is 2. The minimum Gasteiger partial charge on any atom is -0.384 e. The lowest BCUT2D eigenvalue weighted by molar-refractivity contribution is 0.122. The Morgan fingerprint density at radius 1 is 1.08 bits per heavy atom. The molecule has 0 aliphatic carbocycles. The molecule has 1 saturated heterocycles. The Kier molecular flexibility index (Phi) is 4.57. The van der Waals surface area contributed by atoms with Crippen molar-refractivity contribution in [2.24, 2.45) is 0 Å². The van der Waals surface area contributed by atoms with Gasteiger partial charge in [0, 0.05) is 37.1 Å². The van der Waals surface area contributed by atoms with Crippen molar-refractivity contribution in [1.82, 2.24) is 19.9 Å². The van der Waals surface area contributed by atoms with E-state index in [1.54, 1.807) is 24.7 Å². The molecule has 0 bridgehead atoms. The molecule has 0 atom stereocenters. The fourth-order valence-corrected chi connectivity index (χ4v) is 2.69. The molecule has 1 aliphatic heterocycles. The molecule has 132 valence electrons. The quantitative estimate of drug-likeness (QED) is 0.738. The van der Waals surface area contributed by atoms with Gasteiger partial charge in [-0.2, -0.15) is 4.98 Å². The van der Waals surface area contributed by atoms with Gasteiger partial charge in [0.15, 0.2) is 0 Å². The summed E-state index contributed by atoms with van der Waals surface area (Å²) in [4.78, 5) is 19.8. The lowest BCUT2D eigenvalue weighted by Crippen LogP contribution is -2.37. The maximum Gasteiger partial charge on any atom is 0.228 e. The predicted molar refractivity (Wildman–Crippen MR) is 100 cm³/mol. The van der Waals surface area contributed by atoms with Crippen molar-refractivity contribution in [3.8, 4) is 11.3 Å². The van der Waals surface area contributed by atoms with E-state index in [1.807, 2.05) is 24.3 Å². The highest BCUT2D eigenvalue weighted by atomic mass is 16.5. The normalized spacial score (nSPS) is 14.2. The van der Waals surface area contributed by atoms with Gasteiger partial charge in [0.05, 0.1) is 30.8 Å². The monoisotopic (exact) mass is 349 g/mol. The van der Waals surface area contributed by atoms with E-state index in [9.17, 15) is 0 Å². The Hall–Kier alpha value is -3.26. The first kappa shape index (κ1) is 16.2. The van der Waals surface area contributed by atoms with Crippen molar-refractivity contribution in [2.45, 2.75) is 0 Å². The van der Waals surface area contributed by atoms with Crippen molar-refractivity contribution >= 4 is 23.3 Å². The fourth-order valence-electron chi connectivity index (χ4n) is 2.69. The summed E-state index contributed by atoms with van der Waals surface area (Å²) in [7, 11) is 0. The summed E-state index contributed by atoms with van der Waals surface area (Å²) >= 11 is 0. The van der Waals surface area contributed by atoms with E-state index in [-0.39, 0.29) is 0 Å². The Morgan fingerprint density at radius 2 is 1.96 bits per heavy atom. The van der Waals surface area contributed by atoms with Crippen molar-refractivity contribution in [3.05, 3.63) is 48.9 Å². The highest BCUT2D eigenvalue weighted by Crippen LogP contribution is 2.25. The highest BCUT2D eigenvalue weighted by Gasteiger charge is 2.16. The smallest absolute Gasteiger partial charge is 0.228 e. The summed E-state index contributed by atoms with van der Waals surface area (Å²) in [6, 6.07) is 9.37. The van der Waals surface area contributed by atoms with Crippen molar-refractivity contribution in [3.63, 3.8) is 0 Å². The van der Waals surface area contributed by atoms with E-state index in [0.29, 0.717) is 30.8 Å². The standard InChI is InChI=1S/C18H19N7O/c19-16-4-3-13(11-21-16)15-10-17(22-14-2-1-5-20-12-14)24-18(23-15)25-6-8-26-9-7-25/h1-5,10-12H,6-9H2,(H2,19,21)(H,22,23,24). The first-order valence-corrected chi connectivity index (χ1v) is 8.39. The van der Waals surface area contributed by atoms with Crippen LogP contribution < -0.4 is 16.0 Å². The molecule has 0 unspecified atom stereocenters. The summed E-state index contributed by atoms with van der Waals surface area (Å²) in [5.41, 5.74) is 8.22. The van der Waals surface area contributed by atoms with Gasteiger partial charge in [-0.3, -0.25) is 4.98 Å². The minimum absolute atomic E-state index is 0.477. The maximum atomic E-state index is 5.70. The lowest BCUT2D eigenvalue weighted by Gasteiger charge is -2.27. The molecule has 0 spiro atoms. The average Bonchev–Trinajstić information content (AvgIpc) is 2.70. The molecule has 4 rings (SSSR count). The van der Waals surface area contributed by atoms with Gasteiger partial charge < -0.3 is 20.7 Å². The van der Waals surface area contributed by atoms with Crippen molar-refractivity contribution in [2.75, 3.05) is 42.3 Å². The molecular formula is C18H19N7O. The second-order valence-corrected chi connectivity index (χ2v) is 5.88. The van der Waals surface area contributed by atoms with Gasteiger partial charge in [0.25, 0.3) is 0 Å².